The summed E-state index contributed by atoms with van der Waals surface area (Å²) in [5, 5.41) is 0. The molecule has 0 aliphatic carbocycles. The van der Waals surface area contributed by atoms with Gasteiger partial charge in [0, 0.05) is 18.7 Å². The molecule has 1 aromatic heterocycles. The van der Waals surface area contributed by atoms with Crippen molar-refractivity contribution in [2.45, 2.75) is 25.3 Å². The molecule has 4 rings (SSSR count). The van der Waals surface area contributed by atoms with Crippen molar-refractivity contribution in [3.63, 3.8) is 0 Å². The molecule has 2 atom stereocenters. The Hall–Kier alpha value is -3.67. The van der Waals surface area contributed by atoms with E-state index in [4.69, 9.17) is 9.15 Å². The number of aryl methyl sites for hydroxylation is 1. The van der Waals surface area contributed by atoms with E-state index in [1.807, 2.05) is 36.4 Å². The predicted molar refractivity (Wildman–Crippen MR) is 111 cm³/mol. The summed E-state index contributed by atoms with van der Waals surface area (Å²) in [5.41, 5.74) is -0.685. The Morgan fingerprint density at radius 3 is 2.23 bits per heavy atom. The SMILES string of the molecule is Cc1cc2c(c(=O)o1)[C@H](c1ccccc1)[C@@](C)(N(C)C(=O)c1ccccc1)C(=O)O2. The molecule has 6 heteroatoms. The number of nitrogens with zero attached hydrogens (tertiary/aromatic N) is 1. The van der Waals surface area contributed by atoms with Gasteiger partial charge in [0.15, 0.2) is 0 Å². The molecule has 3 aromatic rings. The number of likely N-dealkylation sites (N-methyl/N-ethyl adjacent to an activating group) is 1. The van der Waals surface area contributed by atoms with E-state index < -0.39 is 23.1 Å². The molecule has 152 valence electrons. The van der Waals surface area contributed by atoms with Crippen LogP contribution in [0.1, 0.15) is 40.1 Å². The molecule has 0 unspecified atom stereocenters. The molecule has 6 nitrogen and oxygen atoms in total. The smallest absolute Gasteiger partial charge is 0.343 e. The summed E-state index contributed by atoms with van der Waals surface area (Å²) in [6.07, 6.45) is 0. The molecule has 30 heavy (non-hydrogen) atoms. The van der Waals surface area contributed by atoms with E-state index in [1.54, 1.807) is 45.2 Å². The number of benzene rings is 2. The highest BCUT2D eigenvalue weighted by molar-refractivity contribution is 5.99. The second-order valence-corrected chi connectivity index (χ2v) is 7.53. The number of fused-ring (bicyclic) bond motifs is 1. The third kappa shape index (κ3) is 3.01. The lowest BCUT2D eigenvalue weighted by Crippen LogP contribution is -2.61. The van der Waals surface area contributed by atoms with E-state index in [0.717, 1.165) is 0 Å². The van der Waals surface area contributed by atoms with Crippen LogP contribution in [0.3, 0.4) is 0 Å². The Balaban J connectivity index is 1.94. The van der Waals surface area contributed by atoms with Crippen LogP contribution < -0.4 is 10.4 Å². The Bertz CT molecular complexity index is 1170. The number of hydrogen-bond donors (Lipinski definition) is 0. The van der Waals surface area contributed by atoms with Crippen LogP contribution in [0.5, 0.6) is 5.75 Å². The molecule has 1 amide bonds. The van der Waals surface area contributed by atoms with Crippen LogP contribution >= 0.6 is 0 Å². The molecule has 0 saturated carbocycles. The van der Waals surface area contributed by atoms with Crippen LogP contribution in [-0.2, 0) is 4.79 Å². The summed E-state index contributed by atoms with van der Waals surface area (Å²) < 4.78 is 10.9. The largest absolute Gasteiger partial charge is 0.428 e. The number of ether oxygens (including phenoxy) is 1. The van der Waals surface area contributed by atoms with Gasteiger partial charge in [0.05, 0.1) is 11.5 Å². The monoisotopic (exact) mass is 403 g/mol. The summed E-state index contributed by atoms with van der Waals surface area (Å²) in [6, 6.07) is 19.4. The Labute approximate surface area is 173 Å². The molecule has 0 saturated heterocycles. The van der Waals surface area contributed by atoms with Crippen molar-refractivity contribution in [1.29, 1.82) is 0 Å². The zero-order valence-electron chi connectivity index (χ0n) is 16.9. The standard InChI is InChI=1S/C24H21NO5/c1-15-14-18-19(22(27)29-15)20(16-10-6-4-7-11-16)24(2,23(28)30-18)25(3)21(26)17-12-8-5-9-13-17/h4-14,20H,1-3H3/t20-,24+/m0/s1. The van der Waals surface area contributed by atoms with Crippen molar-refractivity contribution in [2.75, 3.05) is 7.05 Å². The van der Waals surface area contributed by atoms with Gasteiger partial charge in [0.1, 0.15) is 17.0 Å². The molecular weight excluding hydrogens is 382 g/mol. The third-order valence-electron chi connectivity index (χ3n) is 5.70. The number of amides is 1. The van der Waals surface area contributed by atoms with E-state index in [0.29, 0.717) is 16.9 Å². The molecule has 0 spiro atoms. The average Bonchev–Trinajstić information content (AvgIpc) is 2.75. The van der Waals surface area contributed by atoms with Crippen LogP contribution in [0.4, 0.5) is 0 Å². The number of carbonyl (C=O) groups excluding carboxylic acids is 2. The fraction of sp³-hybridized carbons (Fsp3) is 0.208. The average molecular weight is 403 g/mol. The van der Waals surface area contributed by atoms with Crippen molar-refractivity contribution in [3.8, 4) is 5.75 Å². The maximum atomic E-state index is 13.3. The Morgan fingerprint density at radius 1 is 1.00 bits per heavy atom. The maximum absolute atomic E-state index is 13.3. The van der Waals surface area contributed by atoms with E-state index in [9.17, 15) is 14.4 Å². The summed E-state index contributed by atoms with van der Waals surface area (Å²) in [4.78, 5) is 40.8. The summed E-state index contributed by atoms with van der Waals surface area (Å²) in [5.74, 6) is -1.21. The quantitative estimate of drug-likeness (QED) is 0.626. The first-order valence-electron chi connectivity index (χ1n) is 9.59. The normalized spacial score (nSPS) is 20.2. The fourth-order valence-corrected chi connectivity index (χ4v) is 3.99. The van der Waals surface area contributed by atoms with Crippen molar-refractivity contribution >= 4 is 11.9 Å². The highest BCUT2D eigenvalue weighted by Gasteiger charge is 2.55. The minimum Gasteiger partial charge on any atom is -0.428 e. The molecule has 0 fully saturated rings. The molecule has 1 aliphatic heterocycles. The summed E-state index contributed by atoms with van der Waals surface area (Å²) in [7, 11) is 1.55. The molecule has 0 radical (unpaired) electrons. The van der Waals surface area contributed by atoms with Gasteiger partial charge in [-0.25, -0.2) is 9.59 Å². The first-order chi connectivity index (χ1) is 14.3. The van der Waals surface area contributed by atoms with Crippen molar-refractivity contribution in [1.82, 2.24) is 4.90 Å². The lowest BCUT2D eigenvalue weighted by molar-refractivity contribution is -0.148. The molecule has 0 N–H and O–H groups in total. The Morgan fingerprint density at radius 2 is 1.60 bits per heavy atom. The van der Waals surface area contributed by atoms with Gasteiger partial charge >= 0.3 is 11.6 Å². The maximum Gasteiger partial charge on any atom is 0.343 e. The van der Waals surface area contributed by atoms with Crippen molar-refractivity contribution < 1.29 is 18.7 Å². The van der Waals surface area contributed by atoms with Crippen LogP contribution in [0.25, 0.3) is 0 Å². The molecule has 2 aromatic carbocycles. The highest BCUT2D eigenvalue weighted by Crippen LogP contribution is 2.45. The zero-order valence-corrected chi connectivity index (χ0v) is 16.9. The van der Waals surface area contributed by atoms with E-state index in [1.165, 1.54) is 11.0 Å². The van der Waals surface area contributed by atoms with Crippen LogP contribution in [0, 0.1) is 6.92 Å². The fourth-order valence-electron chi connectivity index (χ4n) is 3.99. The van der Waals surface area contributed by atoms with Crippen LogP contribution in [-0.4, -0.2) is 29.4 Å². The second-order valence-electron chi connectivity index (χ2n) is 7.53. The predicted octanol–water partition coefficient (Wildman–Crippen LogP) is 3.53. The Kier molecular flexibility index (Phi) is 4.78. The van der Waals surface area contributed by atoms with Gasteiger partial charge in [-0.1, -0.05) is 48.5 Å². The first-order valence-corrected chi connectivity index (χ1v) is 9.59. The van der Waals surface area contributed by atoms with Gasteiger partial charge in [-0.05, 0) is 31.5 Å². The van der Waals surface area contributed by atoms with Crippen LogP contribution in [0.2, 0.25) is 0 Å². The number of esters is 1. The number of carbonyl (C=O) groups is 2. The lowest BCUT2D eigenvalue weighted by Gasteiger charge is -2.45. The van der Waals surface area contributed by atoms with Gasteiger partial charge in [-0.15, -0.1) is 0 Å². The van der Waals surface area contributed by atoms with Gasteiger partial charge in [0.2, 0.25) is 0 Å². The minimum atomic E-state index is -1.47. The minimum absolute atomic E-state index is 0.167. The van der Waals surface area contributed by atoms with E-state index in [2.05, 4.69) is 0 Å². The zero-order chi connectivity index (χ0) is 21.5. The molecular formula is C24H21NO5. The lowest BCUT2D eigenvalue weighted by atomic mass is 9.73. The number of rotatable bonds is 3. The highest BCUT2D eigenvalue weighted by atomic mass is 16.5. The van der Waals surface area contributed by atoms with E-state index >= 15 is 0 Å². The topological polar surface area (TPSA) is 76.8 Å². The van der Waals surface area contributed by atoms with Crippen molar-refractivity contribution in [2.24, 2.45) is 0 Å². The molecule has 0 bridgehead atoms. The summed E-state index contributed by atoms with van der Waals surface area (Å²) in [6.45, 7) is 3.24. The third-order valence-corrected chi connectivity index (χ3v) is 5.70. The van der Waals surface area contributed by atoms with Gasteiger partial charge in [-0.2, -0.15) is 0 Å². The number of hydrogen-bond acceptors (Lipinski definition) is 5. The van der Waals surface area contributed by atoms with Gasteiger partial charge in [-0.3, -0.25) is 4.79 Å². The van der Waals surface area contributed by atoms with Crippen LogP contribution in [0.15, 0.2) is 75.9 Å². The van der Waals surface area contributed by atoms with E-state index in [-0.39, 0.29) is 17.2 Å². The molecule has 2 heterocycles. The molecule has 1 aliphatic rings. The second kappa shape index (κ2) is 7.30. The summed E-state index contributed by atoms with van der Waals surface area (Å²) >= 11 is 0. The van der Waals surface area contributed by atoms with Gasteiger partial charge in [0.25, 0.3) is 5.91 Å². The van der Waals surface area contributed by atoms with Crippen molar-refractivity contribution in [3.05, 3.63) is 99.6 Å². The van der Waals surface area contributed by atoms with Gasteiger partial charge < -0.3 is 14.1 Å². The first kappa shape index (κ1) is 19.6.